The molecule has 0 bridgehead atoms. The zero-order valence-corrected chi connectivity index (χ0v) is 14.3. The predicted molar refractivity (Wildman–Crippen MR) is 101 cm³/mol. The zero-order chi connectivity index (χ0) is 17.8. The zero-order valence-electron chi connectivity index (χ0n) is 14.3. The molecule has 0 spiro atoms. The average Bonchev–Trinajstić information content (AvgIpc) is 2.62. The Balaban J connectivity index is 1.86. The fourth-order valence-electron chi connectivity index (χ4n) is 2.68. The van der Waals surface area contributed by atoms with Crippen LogP contribution in [0, 0.1) is 6.92 Å². The first kappa shape index (κ1) is 16.7. The summed E-state index contributed by atoms with van der Waals surface area (Å²) >= 11 is 0. The van der Waals surface area contributed by atoms with E-state index in [1.165, 1.54) is 5.56 Å². The molecule has 25 heavy (non-hydrogen) atoms. The molecule has 3 aromatic rings. The number of fused-ring (bicyclic) bond motifs is 1. The second-order valence-electron chi connectivity index (χ2n) is 5.94. The van der Waals surface area contributed by atoms with Crippen LogP contribution in [-0.4, -0.2) is 16.7 Å². The van der Waals surface area contributed by atoms with Crippen LogP contribution in [0.25, 0.3) is 10.8 Å². The van der Waals surface area contributed by atoms with Crippen molar-refractivity contribution in [3.05, 3.63) is 77.4 Å². The molecule has 1 amide bonds. The number of rotatable bonds is 4. The Morgan fingerprint density at radius 1 is 1.04 bits per heavy atom. The molecule has 0 unspecified atom stereocenters. The van der Waals surface area contributed by atoms with Gasteiger partial charge >= 0.3 is 0 Å². The van der Waals surface area contributed by atoms with Gasteiger partial charge in [0.25, 0.3) is 5.91 Å². The summed E-state index contributed by atoms with van der Waals surface area (Å²) in [5, 5.41) is 16.2. The molecule has 0 atom stereocenters. The Labute approximate surface area is 146 Å². The molecular formula is C21H20N2O2. The van der Waals surface area contributed by atoms with Crippen molar-refractivity contribution in [1.29, 1.82) is 0 Å². The summed E-state index contributed by atoms with van der Waals surface area (Å²) in [6, 6.07) is 18.8. The van der Waals surface area contributed by atoms with Crippen LogP contribution < -0.4 is 5.43 Å². The van der Waals surface area contributed by atoms with E-state index in [2.05, 4.69) is 10.5 Å². The monoisotopic (exact) mass is 332 g/mol. The normalized spacial score (nSPS) is 11.5. The number of hydrogen-bond donors (Lipinski definition) is 2. The number of carbonyl (C=O) groups excluding carboxylic acids is 1. The average molecular weight is 332 g/mol. The lowest BCUT2D eigenvalue weighted by Gasteiger charge is -2.08. The first-order chi connectivity index (χ1) is 12.1. The van der Waals surface area contributed by atoms with E-state index in [1.54, 1.807) is 12.1 Å². The molecule has 0 aliphatic rings. The summed E-state index contributed by atoms with van der Waals surface area (Å²) in [6.45, 7) is 4.01. The topological polar surface area (TPSA) is 61.7 Å². The molecule has 4 nitrogen and oxygen atoms in total. The molecule has 0 heterocycles. The standard InChI is InChI=1S/C21H20N2O2/c1-3-19(15-10-8-14(2)9-11-15)22-23-21(25)18-12-16-6-4-5-7-17(16)13-20(18)24/h4-13,24H,3H2,1-2H3,(H,23,25). The fraction of sp³-hybridized carbons (Fsp3) is 0.143. The highest BCUT2D eigenvalue weighted by Crippen LogP contribution is 2.24. The van der Waals surface area contributed by atoms with Crippen molar-refractivity contribution in [1.82, 2.24) is 5.43 Å². The molecule has 3 rings (SSSR count). The lowest BCUT2D eigenvalue weighted by molar-refractivity contribution is 0.0952. The number of nitrogens with one attached hydrogen (secondary N) is 1. The largest absolute Gasteiger partial charge is 0.507 e. The molecule has 2 N–H and O–H groups in total. The number of aryl methyl sites for hydroxylation is 1. The van der Waals surface area contributed by atoms with E-state index in [9.17, 15) is 9.90 Å². The summed E-state index contributed by atoms with van der Waals surface area (Å²) < 4.78 is 0. The van der Waals surface area contributed by atoms with Gasteiger partial charge in [0.05, 0.1) is 11.3 Å². The third kappa shape index (κ3) is 3.69. The molecule has 0 aliphatic carbocycles. The number of aromatic hydroxyl groups is 1. The number of benzene rings is 3. The Hall–Kier alpha value is -3.14. The number of nitrogens with zero attached hydrogens (tertiary/aromatic N) is 1. The molecule has 0 saturated heterocycles. The minimum absolute atomic E-state index is 0.0558. The van der Waals surface area contributed by atoms with Crippen LogP contribution in [0.3, 0.4) is 0 Å². The van der Waals surface area contributed by atoms with Gasteiger partial charge in [-0.3, -0.25) is 4.79 Å². The number of phenols is 1. The molecule has 3 aromatic carbocycles. The summed E-state index contributed by atoms with van der Waals surface area (Å²) in [6.07, 6.45) is 0.688. The van der Waals surface area contributed by atoms with Crippen LogP contribution in [0.4, 0.5) is 0 Å². The van der Waals surface area contributed by atoms with Gasteiger partial charge in [0.2, 0.25) is 0 Å². The molecule has 0 saturated carbocycles. The van der Waals surface area contributed by atoms with E-state index in [0.29, 0.717) is 6.42 Å². The maximum atomic E-state index is 12.4. The van der Waals surface area contributed by atoms with Gasteiger partial charge in [-0.1, -0.05) is 61.0 Å². The molecule has 0 fully saturated rings. The van der Waals surface area contributed by atoms with Gasteiger partial charge < -0.3 is 5.11 Å². The summed E-state index contributed by atoms with van der Waals surface area (Å²) in [4.78, 5) is 12.4. The minimum Gasteiger partial charge on any atom is -0.507 e. The molecule has 126 valence electrons. The van der Waals surface area contributed by atoms with E-state index >= 15 is 0 Å². The highest BCUT2D eigenvalue weighted by atomic mass is 16.3. The van der Waals surface area contributed by atoms with Crippen LogP contribution in [0.1, 0.15) is 34.8 Å². The van der Waals surface area contributed by atoms with Gasteiger partial charge in [0.15, 0.2) is 0 Å². The maximum Gasteiger partial charge on any atom is 0.275 e. The number of hydrazone groups is 1. The van der Waals surface area contributed by atoms with Crippen LogP contribution in [0.15, 0.2) is 65.8 Å². The molecular weight excluding hydrogens is 312 g/mol. The second-order valence-corrected chi connectivity index (χ2v) is 5.94. The lowest BCUT2D eigenvalue weighted by atomic mass is 10.1. The second kappa shape index (κ2) is 7.18. The third-order valence-corrected chi connectivity index (χ3v) is 4.12. The van der Waals surface area contributed by atoms with Gasteiger partial charge in [0.1, 0.15) is 5.75 Å². The van der Waals surface area contributed by atoms with E-state index < -0.39 is 5.91 Å². The Bertz CT molecular complexity index is 944. The highest BCUT2D eigenvalue weighted by molar-refractivity contribution is 6.04. The van der Waals surface area contributed by atoms with Crippen molar-refractivity contribution in [2.24, 2.45) is 5.10 Å². The predicted octanol–water partition coefficient (Wildman–Crippen LogP) is 4.40. The number of carbonyl (C=O) groups is 1. The molecule has 0 aliphatic heterocycles. The Morgan fingerprint density at radius 3 is 2.32 bits per heavy atom. The van der Waals surface area contributed by atoms with Gasteiger partial charge in [-0.15, -0.1) is 0 Å². The number of phenolic OH excluding ortho intramolecular Hbond substituents is 1. The van der Waals surface area contributed by atoms with Crippen molar-refractivity contribution < 1.29 is 9.90 Å². The van der Waals surface area contributed by atoms with Gasteiger partial charge in [-0.2, -0.15) is 5.10 Å². The van der Waals surface area contributed by atoms with Crippen molar-refractivity contribution in [2.75, 3.05) is 0 Å². The van der Waals surface area contributed by atoms with Crippen molar-refractivity contribution in [3.63, 3.8) is 0 Å². The van der Waals surface area contributed by atoms with Crippen molar-refractivity contribution in [3.8, 4) is 5.75 Å². The summed E-state index contributed by atoms with van der Waals surface area (Å²) in [7, 11) is 0. The van der Waals surface area contributed by atoms with Crippen LogP contribution in [0.5, 0.6) is 5.75 Å². The van der Waals surface area contributed by atoms with E-state index in [0.717, 1.165) is 22.0 Å². The SMILES string of the molecule is CCC(=NNC(=O)c1cc2ccccc2cc1O)c1ccc(C)cc1. The first-order valence-corrected chi connectivity index (χ1v) is 8.24. The van der Waals surface area contributed by atoms with Crippen LogP contribution in [-0.2, 0) is 0 Å². The van der Waals surface area contributed by atoms with Crippen LogP contribution >= 0.6 is 0 Å². The van der Waals surface area contributed by atoms with Gasteiger partial charge in [-0.25, -0.2) is 5.43 Å². The number of amides is 1. The lowest BCUT2D eigenvalue weighted by Crippen LogP contribution is -2.20. The van der Waals surface area contributed by atoms with E-state index in [-0.39, 0.29) is 11.3 Å². The summed E-state index contributed by atoms with van der Waals surface area (Å²) in [5.74, 6) is -0.485. The third-order valence-electron chi connectivity index (χ3n) is 4.12. The smallest absolute Gasteiger partial charge is 0.275 e. The molecule has 0 aromatic heterocycles. The summed E-state index contributed by atoms with van der Waals surface area (Å²) in [5.41, 5.74) is 5.69. The Kier molecular flexibility index (Phi) is 4.80. The highest BCUT2D eigenvalue weighted by Gasteiger charge is 2.12. The molecule has 0 radical (unpaired) electrons. The van der Waals surface area contributed by atoms with Gasteiger partial charge in [0, 0.05) is 0 Å². The van der Waals surface area contributed by atoms with Gasteiger partial charge in [-0.05, 0) is 41.8 Å². The van der Waals surface area contributed by atoms with E-state index in [1.807, 2.05) is 62.4 Å². The molecule has 4 heteroatoms. The minimum atomic E-state index is -0.429. The van der Waals surface area contributed by atoms with Crippen molar-refractivity contribution in [2.45, 2.75) is 20.3 Å². The van der Waals surface area contributed by atoms with Crippen LogP contribution in [0.2, 0.25) is 0 Å². The quantitative estimate of drug-likeness (QED) is 0.549. The first-order valence-electron chi connectivity index (χ1n) is 8.24. The Morgan fingerprint density at radius 2 is 1.68 bits per heavy atom. The maximum absolute atomic E-state index is 12.4. The van der Waals surface area contributed by atoms with E-state index in [4.69, 9.17) is 0 Å². The van der Waals surface area contributed by atoms with Crippen molar-refractivity contribution >= 4 is 22.4 Å². The fourth-order valence-corrected chi connectivity index (χ4v) is 2.68. The number of hydrogen-bond acceptors (Lipinski definition) is 3.